The Kier molecular flexibility index (Phi) is 2.16. The fourth-order valence-corrected chi connectivity index (χ4v) is 2.74. The highest BCUT2D eigenvalue weighted by Crippen LogP contribution is 2.32. The lowest BCUT2D eigenvalue weighted by atomic mass is 10.9. The zero-order valence-corrected chi connectivity index (χ0v) is 8.70. The molecule has 0 heterocycles. The minimum Gasteiger partial charge on any atom is -0.368 e. The number of hydrogen-bond acceptors (Lipinski definition) is 3. The molecule has 3 nitrogen and oxygen atoms in total. The van der Waals surface area contributed by atoms with E-state index in [0.717, 1.165) is 0 Å². The Hall–Kier alpha value is 0.0969. The van der Waals surface area contributed by atoms with Crippen LogP contribution in [-0.2, 0) is 13.3 Å². The Labute approximate surface area is 80.3 Å². The van der Waals surface area contributed by atoms with Crippen molar-refractivity contribution in [1.82, 2.24) is 0 Å². The molecular formula is C9H15O3Si. The quantitative estimate of drug-likeness (QED) is 0.607. The average molecular weight is 199 g/mol. The fourth-order valence-electron chi connectivity index (χ4n) is 1.05. The summed E-state index contributed by atoms with van der Waals surface area (Å²) in [5.41, 5.74) is 0. The Balaban J connectivity index is 1.45. The third kappa shape index (κ3) is 2.77. The lowest BCUT2D eigenvalue weighted by Crippen LogP contribution is -2.30. The molecule has 0 atom stereocenters. The van der Waals surface area contributed by atoms with E-state index in [1.165, 1.54) is 38.5 Å². The molecular weight excluding hydrogens is 184 g/mol. The van der Waals surface area contributed by atoms with E-state index in [1.54, 1.807) is 0 Å². The predicted octanol–water partition coefficient (Wildman–Crippen LogP) is 1.51. The molecule has 13 heavy (non-hydrogen) atoms. The van der Waals surface area contributed by atoms with Crippen molar-refractivity contribution in [2.24, 2.45) is 0 Å². The Bertz CT molecular complexity index is 154. The van der Waals surface area contributed by atoms with Crippen LogP contribution in [0.4, 0.5) is 0 Å². The minimum atomic E-state index is -1.36. The van der Waals surface area contributed by atoms with Crippen LogP contribution in [0.2, 0.25) is 0 Å². The molecule has 1 radical (unpaired) electrons. The summed E-state index contributed by atoms with van der Waals surface area (Å²) >= 11 is 0. The highest BCUT2D eigenvalue weighted by Gasteiger charge is 2.39. The summed E-state index contributed by atoms with van der Waals surface area (Å²) in [6.07, 6.45) is 8.62. The van der Waals surface area contributed by atoms with E-state index in [2.05, 4.69) is 0 Å². The van der Waals surface area contributed by atoms with Gasteiger partial charge in [0, 0.05) is 18.3 Å². The smallest absolute Gasteiger partial charge is 0.368 e. The van der Waals surface area contributed by atoms with E-state index in [1.807, 2.05) is 0 Å². The van der Waals surface area contributed by atoms with Crippen molar-refractivity contribution in [2.75, 3.05) is 0 Å². The zero-order chi connectivity index (χ0) is 8.67. The van der Waals surface area contributed by atoms with Crippen molar-refractivity contribution in [3.63, 3.8) is 0 Å². The second kappa shape index (κ2) is 3.35. The summed E-state index contributed by atoms with van der Waals surface area (Å²) in [6.45, 7) is 0. The van der Waals surface area contributed by atoms with Gasteiger partial charge in [-0.05, 0) is 38.5 Å². The highest BCUT2D eigenvalue weighted by atomic mass is 28.3. The van der Waals surface area contributed by atoms with Crippen molar-refractivity contribution >= 4 is 9.53 Å². The third-order valence-electron chi connectivity index (χ3n) is 2.36. The van der Waals surface area contributed by atoms with E-state index in [9.17, 15) is 0 Å². The summed E-state index contributed by atoms with van der Waals surface area (Å²) in [6, 6.07) is 0. The standard InChI is InChI=1S/C9H15O3Si/c1-2-7(1)10-13(11-8-3-4-8)12-9-5-6-9/h7-9H,1-6H2. The SMILES string of the molecule is C1CC1O[Si](OC1CC1)OC1CC1. The molecule has 0 aromatic carbocycles. The summed E-state index contributed by atoms with van der Waals surface area (Å²) in [5.74, 6) is 0. The van der Waals surface area contributed by atoms with Gasteiger partial charge in [-0.25, -0.2) is 0 Å². The van der Waals surface area contributed by atoms with Crippen LogP contribution < -0.4 is 0 Å². The Morgan fingerprint density at radius 3 is 1.15 bits per heavy atom. The minimum absolute atomic E-state index is 0.464. The third-order valence-corrected chi connectivity index (χ3v) is 3.94. The van der Waals surface area contributed by atoms with Crippen LogP contribution in [0, 0.1) is 0 Å². The largest absolute Gasteiger partial charge is 0.578 e. The molecule has 0 bridgehead atoms. The van der Waals surface area contributed by atoms with Gasteiger partial charge in [-0.1, -0.05) is 0 Å². The molecule has 0 aliphatic heterocycles. The van der Waals surface area contributed by atoms with E-state index in [-0.39, 0.29) is 0 Å². The molecule has 0 aromatic heterocycles. The van der Waals surface area contributed by atoms with Crippen LogP contribution in [-0.4, -0.2) is 27.8 Å². The van der Waals surface area contributed by atoms with Gasteiger partial charge in [0.05, 0.1) is 0 Å². The van der Waals surface area contributed by atoms with Crippen LogP contribution >= 0.6 is 0 Å². The molecule has 0 aromatic rings. The number of rotatable bonds is 6. The molecule has 0 spiro atoms. The highest BCUT2D eigenvalue weighted by molar-refractivity contribution is 6.36. The second-order valence-corrected chi connectivity index (χ2v) is 5.41. The van der Waals surface area contributed by atoms with Gasteiger partial charge < -0.3 is 13.3 Å². The zero-order valence-electron chi connectivity index (χ0n) is 7.70. The van der Waals surface area contributed by atoms with Crippen LogP contribution in [0.3, 0.4) is 0 Å². The van der Waals surface area contributed by atoms with Gasteiger partial charge in [-0.2, -0.15) is 0 Å². The summed E-state index contributed by atoms with van der Waals surface area (Å²) in [5, 5.41) is 0. The molecule has 3 saturated carbocycles. The van der Waals surface area contributed by atoms with Crippen molar-refractivity contribution in [1.29, 1.82) is 0 Å². The monoisotopic (exact) mass is 199 g/mol. The summed E-state index contributed by atoms with van der Waals surface area (Å²) in [4.78, 5) is 0. The van der Waals surface area contributed by atoms with Gasteiger partial charge in [0.2, 0.25) is 0 Å². The molecule has 3 aliphatic carbocycles. The topological polar surface area (TPSA) is 27.7 Å². The number of hydrogen-bond donors (Lipinski definition) is 0. The molecule has 3 fully saturated rings. The maximum atomic E-state index is 5.72. The van der Waals surface area contributed by atoms with Crippen molar-refractivity contribution in [3.05, 3.63) is 0 Å². The molecule has 0 saturated heterocycles. The lowest BCUT2D eigenvalue weighted by Gasteiger charge is -2.13. The molecule has 0 amide bonds. The first-order chi connectivity index (χ1) is 6.40. The first-order valence-corrected chi connectivity index (χ1v) is 6.49. The van der Waals surface area contributed by atoms with Gasteiger partial charge in [0.1, 0.15) is 0 Å². The molecule has 4 heteroatoms. The second-order valence-electron chi connectivity index (χ2n) is 4.20. The van der Waals surface area contributed by atoms with Gasteiger partial charge in [0.15, 0.2) is 0 Å². The van der Waals surface area contributed by atoms with Crippen LogP contribution in [0.15, 0.2) is 0 Å². The average Bonchev–Trinajstić information content (AvgIpc) is 2.94. The van der Waals surface area contributed by atoms with Gasteiger partial charge >= 0.3 is 9.53 Å². The summed E-state index contributed by atoms with van der Waals surface area (Å²) < 4.78 is 17.2. The molecule has 0 unspecified atom stereocenters. The van der Waals surface area contributed by atoms with E-state index in [0.29, 0.717) is 18.3 Å². The van der Waals surface area contributed by atoms with Crippen molar-refractivity contribution in [2.45, 2.75) is 56.8 Å². The molecule has 3 rings (SSSR count). The van der Waals surface area contributed by atoms with Gasteiger partial charge in [-0.3, -0.25) is 0 Å². The van der Waals surface area contributed by atoms with Crippen LogP contribution in [0.5, 0.6) is 0 Å². The first-order valence-electron chi connectivity index (χ1n) is 5.27. The normalized spacial score (nSPS) is 28.4. The van der Waals surface area contributed by atoms with Crippen molar-refractivity contribution < 1.29 is 13.3 Å². The Morgan fingerprint density at radius 2 is 0.923 bits per heavy atom. The fraction of sp³-hybridized carbons (Fsp3) is 1.00. The van der Waals surface area contributed by atoms with Gasteiger partial charge in [0.25, 0.3) is 0 Å². The lowest BCUT2D eigenvalue weighted by molar-refractivity contribution is 0.0759. The molecule has 0 N–H and O–H groups in total. The van der Waals surface area contributed by atoms with Crippen LogP contribution in [0.1, 0.15) is 38.5 Å². The molecule has 73 valence electrons. The maximum absolute atomic E-state index is 5.72. The van der Waals surface area contributed by atoms with Gasteiger partial charge in [-0.15, -0.1) is 0 Å². The maximum Gasteiger partial charge on any atom is 0.578 e. The van der Waals surface area contributed by atoms with E-state index >= 15 is 0 Å². The predicted molar refractivity (Wildman–Crippen MR) is 48.1 cm³/mol. The van der Waals surface area contributed by atoms with Crippen LogP contribution in [0.25, 0.3) is 0 Å². The summed E-state index contributed by atoms with van der Waals surface area (Å²) in [7, 11) is -1.36. The van der Waals surface area contributed by atoms with E-state index < -0.39 is 9.53 Å². The Morgan fingerprint density at radius 1 is 0.615 bits per heavy atom. The van der Waals surface area contributed by atoms with Crippen molar-refractivity contribution in [3.8, 4) is 0 Å². The first kappa shape index (κ1) is 8.41. The molecule has 3 aliphatic rings. The van der Waals surface area contributed by atoms with E-state index in [4.69, 9.17) is 13.3 Å².